The van der Waals surface area contributed by atoms with Crippen LogP contribution in [0.5, 0.6) is 11.5 Å². The Morgan fingerprint density at radius 1 is 1.24 bits per heavy atom. The van der Waals surface area contributed by atoms with E-state index in [4.69, 9.17) is 4.74 Å². The molecule has 7 nitrogen and oxygen atoms in total. The molecule has 2 aromatic carbocycles. The van der Waals surface area contributed by atoms with E-state index in [-0.39, 0.29) is 18.2 Å². The first-order valence-corrected chi connectivity index (χ1v) is 7.53. The van der Waals surface area contributed by atoms with Crippen LogP contribution in [0, 0.1) is 6.92 Å². The minimum absolute atomic E-state index is 0.00606. The molecule has 130 valence electrons. The van der Waals surface area contributed by atoms with Gasteiger partial charge in [0.1, 0.15) is 11.5 Å². The number of rotatable bonds is 6. The van der Waals surface area contributed by atoms with Gasteiger partial charge in [-0.1, -0.05) is 17.7 Å². The number of aryl methyl sites for hydroxylation is 1. The van der Waals surface area contributed by atoms with Crippen molar-refractivity contribution in [1.29, 1.82) is 0 Å². The molecule has 0 unspecified atom stereocenters. The van der Waals surface area contributed by atoms with Crippen LogP contribution in [0.4, 0.5) is 0 Å². The summed E-state index contributed by atoms with van der Waals surface area (Å²) in [6, 6.07) is 11.7. The first-order chi connectivity index (χ1) is 12.0. The lowest BCUT2D eigenvalue weighted by atomic mass is 10.1. The molecule has 0 aliphatic rings. The number of ether oxygens (including phenoxy) is 1. The van der Waals surface area contributed by atoms with E-state index in [1.54, 1.807) is 30.3 Å². The zero-order chi connectivity index (χ0) is 18.2. The molecule has 0 atom stereocenters. The zero-order valence-electron chi connectivity index (χ0n) is 13.9. The van der Waals surface area contributed by atoms with Crippen molar-refractivity contribution in [2.45, 2.75) is 6.92 Å². The standard InChI is InChI=1S/C18H19N3O4/c1-12-4-3-5-13(8-12)18(24)19-11-17(23)21-20-10-14-9-15(25-2)6-7-16(14)22/h3-10,22H,11H2,1-2H3,(H,19,24)(H,21,23). The van der Waals surface area contributed by atoms with E-state index in [0.29, 0.717) is 16.9 Å². The van der Waals surface area contributed by atoms with Crippen molar-refractivity contribution in [1.82, 2.24) is 10.7 Å². The molecule has 0 saturated heterocycles. The van der Waals surface area contributed by atoms with Gasteiger partial charge in [0.25, 0.3) is 11.8 Å². The Kier molecular flexibility index (Phi) is 6.11. The minimum Gasteiger partial charge on any atom is -0.507 e. The van der Waals surface area contributed by atoms with Crippen molar-refractivity contribution in [2.75, 3.05) is 13.7 Å². The van der Waals surface area contributed by atoms with Crippen molar-refractivity contribution < 1.29 is 19.4 Å². The van der Waals surface area contributed by atoms with Gasteiger partial charge in [0.15, 0.2) is 0 Å². The Labute approximate surface area is 145 Å². The van der Waals surface area contributed by atoms with E-state index < -0.39 is 5.91 Å². The Bertz CT molecular complexity index is 803. The van der Waals surface area contributed by atoms with Crippen molar-refractivity contribution in [3.63, 3.8) is 0 Å². The molecule has 0 bridgehead atoms. The highest BCUT2D eigenvalue weighted by Crippen LogP contribution is 2.20. The van der Waals surface area contributed by atoms with Crippen molar-refractivity contribution in [2.24, 2.45) is 5.10 Å². The summed E-state index contributed by atoms with van der Waals surface area (Å²) in [4.78, 5) is 23.7. The fourth-order valence-electron chi connectivity index (χ4n) is 2.03. The monoisotopic (exact) mass is 341 g/mol. The van der Waals surface area contributed by atoms with Crippen LogP contribution in [-0.2, 0) is 4.79 Å². The Morgan fingerprint density at radius 3 is 2.76 bits per heavy atom. The van der Waals surface area contributed by atoms with Crippen LogP contribution in [0.15, 0.2) is 47.6 Å². The number of benzene rings is 2. The van der Waals surface area contributed by atoms with E-state index in [2.05, 4.69) is 15.8 Å². The van der Waals surface area contributed by atoms with E-state index in [9.17, 15) is 14.7 Å². The third-order valence-electron chi connectivity index (χ3n) is 3.32. The second-order valence-electron chi connectivity index (χ2n) is 5.27. The molecule has 0 fully saturated rings. The van der Waals surface area contributed by atoms with Gasteiger partial charge in [0.2, 0.25) is 0 Å². The molecule has 0 heterocycles. The fraction of sp³-hybridized carbons (Fsp3) is 0.167. The number of phenolic OH excluding ortho intramolecular Hbond substituents is 1. The molecule has 0 saturated carbocycles. The summed E-state index contributed by atoms with van der Waals surface area (Å²) in [5.74, 6) is -0.268. The van der Waals surface area contributed by atoms with Gasteiger partial charge in [-0.25, -0.2) is 5.43 Å². The maximum absolute atomic E-state index is 11.9. The summed E-state index contributed by atoms with van der Waals surface area (Å²) in [5.41, 5.74) is 4.11. The Morgan fingerprint density at radius 2 is 2.04 bits per heavy atom. The van der Waals surface area contributed by atoms with Crippen LogP contribution < -0.4 is 15.5 Å². The highest BCUT2D eigenvalue weighted by Gasteiger charge is 2.07. The predicted molar refractivity (Wildman–Crippen MR) is 93.9 cm³/mol. The Hall–Kier alpha value is -3.35. The quantitative estimate of drug-likeness (QED) is 0.549. The predicted octanol–water partition coefficient (Wildman–Crippen LogP) is 1.59. The number of hydrazone groups is 1. The summed E-state index contributed by atoms with van der Waals surface area (Å²) in [6.45, 7) is 1.67. The first-order valence-electron chi connectivity index (χ1n) is 7.53. The number of carbonyl (C=O) groups is 2. The number of phenols is 1. The van der Waals surface area contributed by atoms with Crippen molar-refractivity contribution in [3.05, 3.63) is 59.2 Å². The van der Waals surface area contributed by atoms with Crippen LogP contribution >= 0.6 is 0 Å². The average Bonchev–Trinajstić information content (AvgIpc) is 2.61. The number of hydrogen-bond donors (Lipinski definition) is 3. The zero-order valence-corrected chi connectivity index (χ0v) is 13.9. The van der Waals surface area contributed by atoms with Crippen molar-refractivity contribution in [3.8, 4) is 11.5 Å². The molecule has 2 aromatic rings. The minimum atomic E-state index is -0.486. The summed E-state index contributed by atoms with van der Waals surface area (Å²) < 4.78 is 5.04. The van der Waals surface area contributed by atoms with Crippen molar-refractivity contribution >= 4 is 18.0 Å². The Balaban J connectivity index is 1.85. The van der Waals surface area contributed by atoms with Gasteiger partial charge in [-0.05, 0) is 37.3 Å². The SMILES string of the molecule is COc1ccc(O)c(C=NNC(=O)CNC(=O)c2cccc(C)c2)c1. The van der Waals surface area contributed by atoms with E-state index >= 15 is 0 Å². The number of nitrogens with one attached hydrogen (secondary N) is 2. The first kappa shape index (κ1) is 18.0. The molecule has 3 N–H and O–H groups in total. The third kappa shape index (κ3) is 5.35. The topological polar surface area (TPSA) is 100 Å². The van der Waals surface area contributed by atoms with Gasteiger partial charge < -0.3 is 15.2 Å². The van der Waals surface area contributed by atoms with Crippen LogP contribution in [0.2, 0.25) is 0 Å². The number of methoxy groups -OCH3 is 1. The third-order valence-corrected chi connectivity index (χ3v) is 3.32. The van der Waals surface area contributed by atoms with Gasteiger partial charge >= 0.3 is 0 Å². The second kappa shape index (κ2) is 8.49. The number of carbonyl (C=O) groups excluding carboxylic acids is 2. The van der Waals surface area contributed by atoms with Gasteiger partial charge in [-0.15, -0.1) is 0 Å². The fourth-order valence-corrected chi connectivity index (χ4v) is 2.03. The normalized spacial score (nSPS) is 10.5. The molecular formula is C18H19N3O4. The molecule has 25 heavy (non-hydrogen) atoms. The van der Waals surface area contributed by atoms with Gasteiger partial charge in [-0.3, -0.25) is 9.59 Å². The van der Waals surface area contributed by atoms with Gasteiger partial charge in [-0.2, -0.15) is 5.10 Å². The molecule has 0 radical (unpaired) electrons. The highest BCUT2D eigenvalue weighted by atomic mass is 16.5. The summed E-state index contributed by atoms with van der Waals surface area (Å²) >= 11 is 0. The molecule has 0 aliphatic heterocycles. The van der Waals surface area contributed by atoms with Crippen LogP contribution in [-0.4, -0.2) is 36.8 Å². The van der Waals surface area contributed by atoms with E-state index in [0.717, 1.165) is 5.56 Å². The lowest BCUT2D eigenvalue weighted by Crippen LogP contribution is -2.34. The summed E-state index contributed by atoms with van der Waals surface area (Å²) in [6.07, 6.45) is 1.29. The molecule has 2 amide bonds. The molecular weight excluding hydrogens is 322 g/mol. The molecule has 0 spiro atoms. The van der Waals surface area contributed by atoms with Crippen LogP contribution in [0.25, 0.3) is 0 Å². The molecule has 2 rings (SSSR count). The lowest BCUT2D eigenvalue weighted by molar-refractivity contribution is -0.120. The maximum Gasteiger partial charge on any atom is 0.259 e. The van der Waals surface area contributed by atoms with Crippen LogP contribution in [0.3, 0.4) is 0 Å². The van der Waals surface area contributed by atoms with E-state index in [1.165, 1.54) is 19.4 Å². The molecule has 7 heteroatoms. The maximum atomic E-state index is 11.9. The highest BCUT2D eigenvalue weighted by molar-refractivity contribution is 5.96. The number of amides is 2. The lowest BCUT2D eigenvalue weighted by Gasteiger charge is -2.05. The molecule has 0 aromatic heterocycles. The largest absolute Gasteiger partial charge is 0.507 e. The van der Waals surface area contributed by atoms with Gasteiger partial charge in [0.05, 0.1) is 19.9 Å². The average molecular weight is 341 g/mol. The number of hydrogen-bond acceptors (Lipinski definition) is 5. The smallest absolute Gasteiger partial charge is 0.259 e. The number of nitrogens with zero attached hydrogens (tertiary/aromatic N) is 1. The van der Waals surface area contributed by atoms with E-state index in [1.807, 2.05) is 13.0 Å². The summed E-state index contributed by atoms with van der Waals surface area (Å²) in [7, 11) is 1.51. The van der Waals surface area contributed by atoms with Gasteiger partial charge in [0, 0.05) is 11.1 Å². The second-order valence-corrected chi connectivity index (χ2v) is 5.27. The molecule has 0 aliphatic carbocycles. The van der Waals surface area contributed by atoms with Crippen LogP contribution in [0.1, 0.15) is 21.5 Å². The number of aromatic hydroxyl groups is 1. The summed E-state index contributed by atoms with van der Waals surface area (Å²) in [5, 5.41) is 16.0.